The fraction of sp³-hybridized carbons (Fsp3) is 0.353. The summed E-state index contributed by atoms with van der Waals surface area (Å²) >= 11 is 0. The molecule has 4 heterocycles. The van der Waals surface area contributed by atoms with Gasteiger partial charge in [0.05, 0.1) is 6.20 Å². The van der Waals surface area contributed by atoms with Gasteiger partial charge in [0.15, 0.2) is 16.9 Å². The molecule has 0 aromatic carbocycles. The normalized spacial score (nSPS) is 16.7. The Kier molecular flexibility index (Phi) is 3.71. The molecule has 9 nitrogen and oxygen atoms in total. The zero-order valence-electron chi connectivity index (χ0n) is 14.2. The number of carboxylic acids is 1. The zero-order valence-corrected chi connectivity index (χ0v) is 14.2. The number of hydrogen-bond acceptors (Lipinski definition) is 5. The van der Waals surface area contributed by atoms with Crippen molar-refractivity contribution in [3.8, 4) is 0 Å². The van der Waals surface area contributed by atoms with Crippen LogP contribution in [-0.2, 0) is 10.3 Å². The number of fused-ring (bicyclic) bond motifs is 1. The van der Waals surface area contributed by atoms with Gasteiger partial charge in [0.1, 0.15) is 0 Å². The summed E-state index contributed by atoms with van der Waals surface area (Å²) in [6.07, 6.45) is 7.33. The van der Waals surface area contributed by atoms with Gasteiger partial charge in [-0.05, 0) is 18.6 Å². The summed E-state index contributed by atoms with van der Waals surface area (Å²) in [5, 5.41) is 18.2. The van der Waals surface area contributed by atoms with Crippen molar-refractivity contribution in [1.82, 2.24) is 29.3 Å². The van der Waals surface area contributed by atoms with E-state index >= 15 is 0 Å². The Morgan fingerprint density at radius 3 is 2.65 bits per heavy atom. The molecule has 0 unspecified atom stereocenters. The number of amides is 1. The highest BCUT2D eigenvalue weighted by Gasteiger charge is 2.45. The molecule has 0 saturated carbocycles. The standard InChI is InChI=1S/C17H18N6O3/c1-12-10-19-23(11-12)17(16(25)26)3-7-21(8-4-17)15(24)13-9-14-18-5-2-6-22(14)20-13/h2,5-6,9-11H,3-4,7-8H2,1H3,(H,25,26). The lowest BCUT2D eigenvalue weighted by molar-refractivity contribution is -0.150. The van der Waals surface area contributed by atoms with Crippen molar-refractivity contribution in [3.05, 3.63) is 48.2 Å². The van der Waals surface area contributed by atoms with Gasteiger partial charge in [-0.1, -0.05) is 0 Å². The van der Waals surface area contributed by atoms with E-state index in [0.29, 0.717) is 37.3 Å². The molecule has 3 aromatic heterocycles. The van der Waals surface area contributed by atoms with Crippen molar-refractivity contribution in [1.29, 1.82) is 0 Å². The van der Waals surface area contributed by atoms with Crippen molar-refractivity contribution in [2.75, 3.05) is 13.1 Å². The molecule has 1 saturated heterocycles. The monoisotopic (exact) mass is 354 g/mol. The van der Waals surface area contributed by atoms with Crippen LogP contribution in [-0.4, -0.2) is 59.4 Å². The molecule has 1 fully saturated rings. The molecule has 9 heteroatoms. The Morgan fingerprint density at radius 2 is 2.04 bits per heavy atom. The second-order valence-electron chi connectivity index (χ2n) is 6.54. The lowest BCUT2D eigenvalue weighted by Crippen LogP contribution is -2.52. The average Bonchev–Trinajstić information content (AvgIpc) is 3.27. The van der Waals surface area contributed by atoms with Crippen LogP contribution in [0.1, 0.15) is 28.9 Å². The first-order chi connectivity index (χ1) is 12.5. The van der Waals surface area contributed by atoms with Gasteiger partial charge in [-0.25, -0.2) is 14.3 Å². The predicted molar refractivity (Wildman–Crippen MR) is 90.7 cm³/mol. The molecule has 0 bridgehead atoms. The number of aryl methyl sites for hydroxylation is 1. The maximum absolute atomic E-state index is 12.7. The molecule has 1 aliphatic rings. The predicted octanol–water partition coefficient (Wildman–Crippen LogP) is 0.950. The van der Waals surface area contributed by atoms with Crippen LogP contribution in [0.5, 0.6) is 0 Å². The first kappa shape index (κ1) is 16.2. The lowest BCUT2D eigenvalue weighted by atomic mass is 9.87. The summed E-state index contributed by atoms with van der Waals surface area (Å²) < 4.78 is 3.06. The molecule has 1 amide bonds. The molecule has 1 aliphatic heterocycles. The van der Waals surface area contributed by atoms with Crippen LogP contribution in [0.15, 0.2) is 36.9 Å². The Bertz CT molecular complexity index is 950. The van der Waals surface area contributed by atoms with Gasteiger partial charge in [-0.2, -0.15) is 10.2 Å². The van der Waals surface area contributed by atoms with E-state index < -0.39 is 11.5 Å². The van der Waals surface area contributed by atoms with Crippen LogP contribution in [0.2, 0.25) is 0 Å². The van der Waals surface area contributed by atoms with Crippen molar-refractivity contribution < 1.29 is 14.7 Å². The van der Waals surface area contributed by atoms with Crippen LogP contribution < -0.4 is 0 Å². The van der Waals surface area contributed by atoms with Crippen molar-refractivity contribution in [2.45, 2.75) is 25.3 Å². The molecule has 3 aromatic rings. The number of rotatable bonds is 3. The van der Waals surface area contributed by atoms with Gasteiger partial charge in [-0.3, -0.25) is 9.48 Å². The summed E-state index contributed by atoms with van der Waals surface area (Å²) in [7, 11) is 0. The second-order valence-corrected chi connectivity index (χ2v) is 6.54. The van der Waals surface area contributed by atoms with Gasteiger partial charge >= 0.3 is 5.97 Å². The van der Waals surface area contributed by atoms with E-state index in [-0.39, 0.29) is 5.91 Å². The SMILES string of the molecule is Cc1cnn(C2(C(=O)O)CCN(C(=O)c3cc4ncccn4n3)CC2)c1. The van der Waals surface area contributed by atoms with Gasteiger partial charge in [0.25, 0.3) is 5.91 Å². The van der Waals surface area contributed by atoms with E-state index in [1.54, 1.807) is 46.3 Å². The smallest absolute Gasteiger partial charge is 0.331 e. The van der Waals surface area contributed by atoms with Crippen molar-refractivity contribution >= 4 is 17.5 Å². The van der Waals surface area contributed by atoms with E-state index in [1.807, 2.05) is 6.92 Å². The highest BCUT2D eigenvalue weighted by atomic mass is 16.4. The van der Waals surface area contributed by atoms with Gasteiger partial charge in [-0.15, -0.1) is 0 Å². The van der Waals surface area contributed by atoms with Crippen LogP contribution >= 0.6 is 0 Å². The van der Waals surface area contributed by atoms with Crippen LogP contribution in [0.4, 0.5) is 0 Å². The van der Waals surface area contributed by atoms with Crippen molar-refractivity contribution in [2.24, 2.45) is 0 Å². The van der Waals surface area contributed by atoms with Crippen LogP contribution in [0.3, 0.4) is 0 Å². The molecule has 0 aliphatic carbocycles. The van der Waals surface area contributed by atoms with E-state index in [2.05, 4.69) is 15.2 Å². The number of carbonyl (C=O) groups is 2. The highest BCUT2D eigenvalue weighted by Crippen LogP contribution is 2.31. The first-order valence-corrected chi connectivity index (χ1v) is 8.34. The number of hydrogen-bond donors (Lipinski definition) is 1. The molecular weight excluding hydrogens is 336 g/mol. The molecular formula is C17H18N6O3. The number of aliphatic carboxylic acids is 1. The van der Waals surface area contributed by atoms with Crippen LogP contribution in [0, 0.1) is 6.92 Å². The van der Waals surface area contributed by atoms with E-state index in [0.717, 1.165) is 5.56 Å². The molecule has 134 valence electrons. The molecule has 0 radical (unpaired) electrons. The number of aromatic nitrogens is 5. The highest BCUT2D eigenvalue weighted by molar-refractivity contribution is 5.93. The van der Waals surface area contributed by atoms with Crippen molar-refractivity contribution in [3.63, 3.8) is 0 Å². The Hall–Kier alpha value is -3.23. The third-order valence-corrected chi connectivity index (χ3v) is 4.88. The van der Waals surface area contributed by atoms with Gasteiger partial charge in [0, 0.05) is 50.6 Å². The maximum Gasteiger partial charge on any atom is 0.331 e. The summed E-state index contributed by atoms with van der Waals surface area (Å²) in [5.74, 6) is -1.14. The molecule has 4 rings (SSSR count). The quantitative estimate of drug-likeness (QED) is 0.751. The van der Waals surface area contributed by atoms with E-state index in [4.69, 9.17) is 0 Å². The first-order valence-electron chi connectivity index (χ1n) is 8.34. The molecule has 0 atom stereocenters. The van der Waals surface area contributed by atoms with Gasteiger partial charge in [0.2, 0.25) is 0 Å². The Labute approximate surface area is 148 Å². The summed E-state index contributed by atoms with van der Waals surface area (Å²) in [6, 6.07) is 3.38. The minimum Gasteiger partial charge on any atom is -0.479 e. The maximum atomic E-state index is 12.7. The number of carboxylic acid groups (broad SMARTS) is 1. The fourth-order valence-corrected chi connectivity index (χ4v) is 3.36. The number of carbonyl (C=O) groups excluding carboxylic acids is 1. The number of nitrogens with zero attached hydrogens (tertiary/aromatic N) is 6. The fourth-order valence-electron chi connectivity index (χ4n) is 3.36. The topological polar surface area (TPSA) is 106 Å². The molecule has 1 N–H and O–H groups in total. The second kappa shape index (κ2) is 5.94. The number of piperidine rings is 1. The third kappa shape index (κ3) is 2.52. The largest absolute Gasteiger partial charge is 0.479 e. The minimum absolute atomic E-state index is 0.217. The van der Waals surface area contributed by atoms with E-state index in [1.165, 1.54) is 4.68 Å². The molecule has 26 heavy (non-hydrogen) atoms. The average molecular weight is 354 g/mol. The Balaban J connectivity index is 1.55. The minimum atomic E-state index is -1.12. The summed E-state index contributed by atoms with van der Waals surface area (Å²) in [6.45, 7) is 2.52. The van der Waals surface area contributed by atoms with Crippen LogP contribution in [0.25, 0.3) is 5.65 Å². The lowest BCUT2D eigenvalue weighted by Gasteiger charge is -2.38. The third-order valence-electron chi connectivity index (χ3n) is 4.88. The summed E-state index contributed by atoms with van der Waals surface area (Å²) in [5.41, 5.74) is 0.688. The molecule has 0 spiro atoms. The van der Waals surface area contributed by atoms with Gasteiger partial charge < -0.3 is 10.0 Å². The zero-order chi connectivity index (χ0) is 18.3. The number of likely N-dealkylation sites (tertiary alicyclic amines) is 1. The summed E-state index contributed by atoms with van der Waals surface area (Å²) in [4.78, 5) is 30.5. The Morgan fingerprint density at radius 1 is 1.27 bits per heavy atom. The van der Waals surface area contributed by atoms with E-state index in [9.17, 15) is 14.7 Å².